The lowest BCUT2D eigenvalue weighted by Gasteiger charge is -2.14. The van der Waals surface area contributed by atoms with Gasteiger partial charge in [-0.15, -0.1) is 0 Å². The summed E-state index contributed by atoms with van der Waals surface area (Å²) in [5.74, 6) is 0. The summed E-state index contributed by atoms with van der Waals surface area (Å²) >= 11 is 0. The van der Waals surface area contributed by atoms with E-state index in [1.165, 1.54) is 0 Å². The molecule has 0 bridgehead atoms. The smallest absolute Gasteiger partial charge is 0.115 e. The minimum Gasteiger partial charge on any atom is -0.391 e. The highest BCUT2D eigenvalue weighted by Crippen LogP contribution is 2.33. The van der Waals surface area contributed by atoms with Gasteiger partial charge in [-0.05, 0) is 13.8 Å². The quantitative estimate of drug-likeness (QED) is 0.595. The predicted molar refractivity (Wildman–Crippen MR) is 56.3 cm³/mol. The molecule has 0 radical (unpaired) electrons. The standard InChI is InChI=1S/C11H20O5/c1-7(12)3-14-8(2)4-13-5-10-11(16-10)9-6-15-9/h7-12H,3-6H2,1-2H3. The fourth-order valence-electron chi connectivity index (χ4n) is 1.56. The molecule has 1 N–H and O–H groups in total. The van der Waals surface area contributed by atoms with Gasteiger partial charge in [-0.1, -0.05) is 0 Å². The molecule has 0 aromatic rings. The summed E-state index contributed by atoms with van der Waals surface area (Å²) in [6.07, 6.45) is 0.359. The van der Waals surface area contributed by atoms with Crippen molar-refractivity contribution in [1.29, 1.82) is 0 Å². The Kier molecular flexibility index (Phi) is 4.16. The number of hydrogen-bond acceptors (Lipinski definition) is 5. The second kappa shape index (κ2) is 5.42. The van der Waals surface area contributed by atoms with Crippen LogP contribution in [0.25, 0.3) is 0 Å². The van der Waals surface area contributed by atoms with Gasteiger partial charge in [0.1, 0.15) is 18.3 Å². The molecule has 5 unspecified atom stereocenters. The summed E-state index contributed by atoms with van der Waals surface area (Å²) < 4.78 is 21.3. The SMILES string of the molecule is CC(O)COC(C)COCC1OC1C1CO1. The monoisotopic (exact) mass is 232 g/mol. The van der Waals surface area contributed by atoms with Crippen LogP contribution in [0.15, 0.2) is 0 Å². The Morgan fingerprint density at radius 2 is 2.12 bits per heavy atom. The van der Waals surface area contributed by atoms with Crippen molar-refractivity contribution < 1.29 is 24.1 Å². The molecule has 2 saturated heterocycles. The van der Waals surface area contributed by atoms with Crippen molar-refractivity contribution in [2.45, 2.75) is 44.4 Å². The molecule has 0 saturated carbocycles. The fourth-order valence-corrected chi connectivity index (χ4v) is 1.56. The van der Waals surface area contributed by atoms with Crippen LogP contribution >= 0.6 is 0 Å². The van der Waals surface area contributed by atoms with E-state index in [0.717, 1.165) is 6.61 Å². The van der Waals surface area contributed by atoms with Crippen molar-refractivity contribution >= 4 is 0 Å². The highest BCUT2D eigenvalue weighted by molar-refractivity contribution is 4.96. The van der Waals surface area contributed by atoms with Gasteiger partial charge < -0.3 is 24.1 Å². The Morgan fingerprint density at radius 3 is 2.75 bits per heavy atom. The molecule has 2 fully saturated rings. The van der Waals surface area contributed by atoms with E-state index in [0.29, 0.717) is 25.9 Å². The third kappa shape index (κ3) is 3.99. The van der Waals surface area contributed by atoms with Crippen molar-refractivity contribution in [2.75, 3.05) is 26.4 Å². The van der Waals surface area contributed by atoms with E-state index in [1.54, 1.807) is 6.92 Å². The molecule has 16 heavy (non-hydrogen) atoms. The first-order valence-electron chi connectivity index (χ1n) is 5.81. The molecule has 94 valence electrons. The summed E-state index contributed by atoms with van der Waals surface area (Å²) in [4.78, 5) is 0. The van der Waals surface area contributed by atoms with Crippen LogP contribution in [0.2, 0.25) is 0 Å². The lowest BCUT2D eigenvalue weighted by Crippen LogP contribution is -2.22. The number of aliphatic hydroxyl groups is 1. The van der Waals surface area contributed by atoms with Gasteiger partial charge in [-0.3, -0.25) is 0 Å². The molecule has 5 atom stereocenters. The molecular weight excluding hydrogens is 212 g/mol. The lowest BCUT2D eigenvalue weighted by molar-refractivity contribution is -0.0383. The first-order valence-corrected chi connectivity index (χ1v) is 5.81. The van der Waals surface area contributed by atoms with E-state index < -0.39 is 6.10 Å². The summed E-state index contributed by atoms with van der Waals surface area (Å²) in [5.41, 5.74) is 0. The van der Waals surface area contributed by atoms with Gasteiger partial charge in [0.2, 0.25) is 0 Å². The third-order valence-corrected chi connectivity index (χ3v) is 2.60. The average Bonchev–Trinajstić information content (AvgIpc) is 3.06. The fraction of sp³-hybridized carbons (Fsp3) is 1.00. The van der Waals surface area contributed by atoms with Crippen molar-refractivity contribution in [3.8, 4) is 0 Å². The van der Waals surface area contributed by atoms with Crippen LogP contribution < -0.4 is 0 Å². The van der Waals surface area contributed by atoms with E-state index in [2.05, 4.69) is 0 Å². The third-order valence-electron chi connectivity index (χ3n) is 2.60. The van der Waals surface area contributed by atoms with Gasteiger partial charge in [0.05, 0.1) is 38.6 Å². The summed E-state index contributed by atoms with van der Waals surface area (Å²) in [6.45, 7) is 5.94. The van der Waals surface area contributed by atoms with Crippen molar-refractivity contribution in [3.63, 3.8) is 0 Å². The molecule has 2 heterocycles. The van der Waals surface area contributed by atoms with Crippen LogP contribution in [0, 0.1) is 0 Å². The second-order valence-electron chi connectivity index (χ2n) is 4.54. The van der Waals surface area contributed by atoms with Crippen LogP contribution in [0.1, 0.15) is 13.8 Å². The van der Waals surface area contributed by atoms with E-state index in [-0.39, 0.29) is 18.3 Å². The highest BCUT2D eigenvalue weighted by Gasteiger charge is 2.51. The van der Waals surface area contributed by atoms with Crippen LogP contribution in [-0.2, 0) is 18.9 Å². The van der Waals surface area contributed by atoms with Crippen LogP contribution in [0.4, 0.5) is 0 Å². The Morgan fingerprint density at radius 1 is 1.38 bits per heavy atom. The van der Waals surface area contributed by atoms with E-state index in [1.807, 2.05) is 6.92 Å². The number of hydrogen-bond donors (Lipinski definition) is 1. The van der Waals surface area contributed by atoms with Crippen LogP contribution in [-0.4, -0.2) is 62.1 Å². The van der Waals surface area contributed by atoms with Crippen LogP contribution in [0.3, 0.4) is 0 Å². The topological polar surface area (TPSA) is 63.8 Å². The van der Waals surface area contributed by atoms with E-state index in [4.69, 9.17) is 24.1 Å². The van der Waals surface area contributed by atoms with Gasteiger partial charge in [0.15, 0.2) is 0 Å². The molecule has 5 nitrogen and oxygen atoms in total. The molecule has 2 aliphatic heterocycles. The minimum atomic E-state index is -0.425. The normalized spacial score (nSPS) is 35.8. The van der Waals surface area contributed by atoms with Crippen molar-refractivity contribution in [3.05, 3.63) is 0 Å². The van der Waals surface area contributed by atoms with Crippen molar-refractivity contribution in [1.82, 2.24) is 0 Å². The molecule has 0 amide bonds. The number of ether oxygens (including phenoxy) is 4. The predicted octanol–water partition coefficient (Wildman–Crippen LogP) is -0.0449. The molecule has 0 aromatic carbocycles. The summed E-state index contributed by atoms with van der Waals surface area (Å²) in [7, 11) is 0. The number of epoxide rings is 2. The summed E-state index contributed by atoms with van der Waals surface area (Å²) in [6, 6.07) is 0. The molecule has 0 aromatic heterocycles. The largest absolute Gasteiger partial charge is 0.391 e. The van der Waals surface area contributed by atoms with Crippen LogP contribution in [0.5, 0.6) is 0 Å². The van der Waals surface area contributed by atoms with Gasteiger partial charge in [-0.25, -0.2) is 0 Å². The Labute approximate surface area is 95.6 Å². The van der Waals surface area contributed by atoms with Gasteiger partial charge in [0, 0.05) is 0 Å². The molecule has 5 heteroatoms. The zero-order chi connectivity index (χ0) is 11.5. The Hall–Kier alpha value is -0.200. The first-order chi connectivity index (χ1) is 7.66. The molecule has 0 aliphatic carbocycles. The lowest BCUT2D eigenvalue weighted by atomic mass is 10.2. The molecule has 2 aliphatic rings. The average molecular weight is 232 g/mol. The zero-order valence-corrected chi connectivity index (χ0v) is 9.80. The molecule has 2 rings (SSSR count). The summed E-state index contributed by atoms with van der Waals surface area (Å²) in [5, 5.41) is 9.03. The maximum atomic E-state index is 9.03. The Balaban J connectivity index is 1.45. The second-order valence-corrected chi connectivity index (χ2v) is 4.54. The van der Waals surface area contributed by atoms with Crippen molar-refractivity contribution in [2.24, 2.45) is 0 Å². The number of aliphatic hydroxyl groups excluding tert-OH is 1. The Bertz CT molecular complexity index is 216. The van der Waals surface area contributed by atoms with Gasteiger partial charge in [0.25, 0.3) is 0 Å². The van der Waals surface area contributed by atoms with Gasteiger partial charge in [-0.2, -0.15) is 0 Å². The number of rotatable bonds is 8. The zero-order valence-electron chi connectivity index (χ0n) is 9.80. The minimum absolute atomic E-state index is 0.00368. The maximum Gasteiger partial charge on any atom is 0.115 e. The van der Waals surface area contributed by atoms with Gasteiger partial charge >= 0.3 is 0 Å². The highest BCUT2D eigenvalue weighted by atomic mass is 16.7. The van der Waals surface area contributed by atoms with E-state index in [9.17, 15) is 0 Å². The first kappa shape index (κ1) is 12.3. The molecule has 0 spiro atoms. The molecular formula is C11H20O5. The maximum absolute atomic E-state index is 9.03. The van der Waals surface area contributed by atoms with E-state index >= 15 is 0 Å².